The van der Waals surface area contributed by atoms with Gasteiger partial charge in [0, 0.05) is 12.4 Å². The number of carbonyl (C=O) groups is 2. The van der Waals surface area contributed by atoms with Gasteiger partial charge in [-0.15, -0.1) is 0 Å². The lowest BCUT2D eigenvalue weighted by Crippen LogP contribution is -2.38. The van der Waals surface area contributed by atoms with Gasteiger partial charge in [0.25, 0.3) is 5.91 Å². The molecule has 2 aromatic rings. The SMILES string of the molecule is O=C(NCc1ccco1)c1ccc(OCC(=O)C23CC4CC(C2)C(C4)C3)cc1.[HH]. The first-order valence-electron chi connectivity index (χ1n) is 10.2. The van der Waals surface area contributed by atoms with E-state index in [0.717, 1.165) is 37.0 Å². The van der Waals surface area contributed by atoms with Crippen LogP contribution in [0.4, 0.5) is 0 Å². The second-order valence-corrected chi connectivity index (χ2v) is 8.75. The van der Waals surface area contributed by atoms with Crippen LogP contribution >= 0.6 is 0 Å². The second kappa shape index (κ2) is 6.80. The fourth-order valence-corrected chi connectivity index (χ4v) is 5.84. The Labute approximate surface area is 165 Å². The number of benzene rings is 1. The molecule has 1 heterocycles. The molecule has 2 atom stereocenters. The Morgan fingerprint density at radius 2 is 1.86 bits per heavy atom. The molecule has 4 aliphatic carbocycles. The van der Waals surface area contributed by atoms with Gasteiger partial charge in [-0.2, -0.15) is 0 Å². The van der Waals surface area contributed by atoms with Gasteiger partial charge in [-0.25, -0.2) is 0 Å². The standard InChI is InChI=1S/C23H25NO4.H2/c25-21(23-10-15-8-17(11-23)18(9-15)12-23)14-28-19-5-3-16(4-6-19)22(26)24-13-20-2-1-7-27-20;/h1-7,15,17-18H,8-14H2,(H,24,26);1H. The Kier molecular flexibility index (Phi) is 4.26. The third-order valence-corrected chi connectivity index (χ3v) is 7.01. The van der Waals surface area contributed by atoms with Crippen LogP contribution in [0, 0.1) is 23.2 Å². The highest BCUT2D eigenvalue weighted by Crippen LogP contribution is 2.64. The van der Waals surface area contributed by atoms with E-state index in [2.05, 4.69) is 5.32 Å². The quantitative estimate of drug-likeness (QED) is 0.779. The maximum atomic E-state index is 12.9. The van der Waals surface area contributed by atoms with Crippen LogP contribution in [-0.4, -0.2) is 18.3 Å². The molecule has 0 spiro atoms. The van der Waals surface area contributed by atoms with E-state index in [-0.39, 0.29) is 25.1 Å². The van der Waals surface area contributed by atoms with Crippen LogP contribution in [0.5, 0.6) is 5.75 Å². The summed E-state index contributed by atoms with van der Waals surface area (Å²) in [6.07, 6.45) is 7.47. The molecule has 0 aliphatic heterocycles. The molecule has 5 nitrogen and oxygen atoms in total. The molecule has 28 heavy (non-hydrogen) atoms. The zero-order chi connectivity index (χ0) is 19.1. The number of ether oxygens (including phenoxy) is 1. The summed E-state index contributed by atoms with van der Waals surface area (Å²) in [4.78, 5) is 25.1. The van der Waals surface area contributed by atoms with E-state index >= 15 is 0 Å². The lowest BCUT2D eigenvalue weighted by Gasteiger charge is -2.36. The Hall–Kier alpha value is -2.56. The summed E-state index contributed by atoms with van der Waals surface area (Å²) >= 11 is 0. The molecule has 1 aromatic carbocycles. The van der Waals surface area contributed by atoms with Crippen LogP contribution in [0.3, 0.4) is 0 Å². The average molecular weight is 381 g/mol. The van der Waals surface area contributed by atoms with Crippen LogP contribution in [0.25, 0.3) is 0 Å². The van der Waals surface area contributed by atoms with Gasteiger partial charge in [0.2, 0.25) is 0 Å². The van der Waals surface area contributed by atoms with Gasteiger partial charge in [0.15, 0.2) is 5.78 Å². The van der Waals surface area contributed by atoms with E-state index in [0.29, 0.717) is 23.6 Å². The Morgan fingerprint density at radius 1 is 1.11 bits per heavy atom. The molecule has 0 saturated heterocycles. The number of hydrogen-bond acceptors (Lipinski definition) is 4. The highest BCUT2D eigenvalue weighted by atomic mass is 16.5. The smallest absolute Gasteiger partial charge is 0.251 e. The zero-order valence-corrected chi connectivity index (χ0v) is 15.9. The van der Waals surface area contributed by atoms with Gasteiger partial charge in [-0.3, -0.25) is 9.59 Å². The predicted octanol–water partition coefficient (Wildman–Crippen LogP) is 4.23. The monoisotopic (exact) mass is 381 g/mol. The zero-order valence-electron chi connectivity index (χ0n) is 15.9. The molecular formula is C23H27NO4. The Bertz CT molecular complexity index is 857. The third kappa shape index (κ3) is 3.13. The normalized spacial score (nSPS) is 29.8. The first kappa shape index (κ1) is 17.5. The molecule has 0 radical (unpaired) electrons. The van der Waals surface area contributed by atoms with Crippen molar-refractivity contribution in [1.29, 1.82) is 0 Å². The highest BCUT2D eigenvalue weighted by molar-refractivity contribution is 5.94. The van der Waals surface area contributed by atoms with Crippen LogP contribution in [0.15, 0.2) is 47.1 Å². The highest BCUT2D eigenvalue weighted by Gasteiger charge is 2.58. The van der Waals surface area contributed by atoms with Crippen LogP contribution < -0.4 is 10.1 Å². The number of amides is 1. The fourth-order valence-electron chi connectivity index (χ4n) is 5.84. The van der Waals surface area contributed by atoms with Crippen molar-refractivity contribution < 1.29 is 20.2 Å². The summed E-state index contributed by atoms with van der Waals surface area (Å²) in [5, 5.41) is 2.81. The predicted molar refractivity (Wildman–Crippen MR) is 105 cm³/mol. The third-order valence-electron chi connectivity index (χ3n) is 7.01. The number of Topliss-reactive ketones (excluding diaryl/α,β-unsaturated/α-hetero) is 1. The fraction of sp³-hybridized carbons (Fsp3) is 0.478. The van der Waals surface area contributed by atoms with E-state index in [1.807, 2.05) is 6.07 Å². The van der Waals surface area contributed by atoms with Crippen molar-refractivity contribution >= 4 is 11.7 Å². The Balaban J connectivity index is 0.00000205. The van der Waals surface area contributed by atoms with E-state index in [1.165, 1.54) is 12.8 Å². The molecule has 6 rings (SSSR count). The molecule has 1 aromatic heterocycles. The molecule has 4 fully saturated rings. The minimum absolute atomic E-state index is 0. The molecule has 4 bridgehead atoms. The van der Waals surface area contributed by atoms with Gasteiger partial charge < -0.3 is 14.5 Å². The van der Waals surface area contributed by atoms with Crippen LogP contribution in [-0.2, 0) is 11.3 Å². The summed E-state index contributed by atoms with van der Waals surface area (Å²) < 4.78 is 11.0. The largest absolute Gasteiger partial charge is 0.486 e. The topological polar surface area (TPSA) is 68.5 Å². The summed E-state index contributed by atoms with van der Waals surface area (Å²) in [6, 6.07) is 10.5. The molecule has 4 saturated carbocycles. The number of nitrogens with one attached hydrogen (secondary N) is 1. The van der Waals surface area contributed by atoms with E-state index in [9.17, 15) is 9.59 Å². The van der Waals surface area contributed by atoms with Crippen molar-refractivity contribution in [1.82, 2.24) is 5.32 Å². The number of carbonyl (C=O) groups excluding carboxylic acids is 2. The van der Waals surface area contributed by atoms with Crippen molar-refractivity contribution in [2.75, 3.05) is 6.61 Å². The first-order chi connectivity index (χ1) is 13.6. The molecule has 148 valence electrons. The maximum Gasteiger partial charge on any atom is 0.251 e. The van der Waals surface area contributed by atoms with E-state index < -0.39 is 0 Å². The van der Waals surface area contributed by atoms with Gasteiger partial charge in [-0.1, -0.05) is 0 Å². The van der Waals surface area contributed by atoms with E-state index in [4.69, 9.17) is 9.15 Å². The number of furan rings is 1. The Morgan fingerprint density at radius 3 is 2.50 bits per heavy atom. The molecular weight excluding hydrogens is 354 g/mol. The van der Waals surface area contributed by atoms with Gasteiger partial charge in [-0.05, 0) is 86.3 Å². The summed E-state index contributed by atoms with van der Waals surface area (Å²) in [6.45, 7) is 0.486. The van der Waals surface area contributed by atoms with Gasteiger partial charge in [0.05, 0.1) is 12.8 Å². The van der Waals surface area contributed by atoms with Gasteiger partial charge >= 0.3 is 0 Å². The van der Waals surface area contributed by atoms with Crippen molar-refractivity contribution in [3.63, 3.8) is 0 Å². The lowest BCUT2D eigenvalue weighted by molar-refractivity contribution is -0.133. The van der Waals surface area contributed by atoms with Crippen LogP contribution in [0.1, 0.15) is 49.6 Å². The van der Waals surface area contributed by atoms with Crippen molar-refractivity contribution in [2.45, 2.75) is 38.6 Å². The number of rotatable bonds is 7. The molecule has 4 aliphatic rings. The molecule has 5 heteroatoms. The van der Waals surface area contributed by atoms with Gasteiger partial charge in [0.1, 0.15) is 18.1 Å². The van der Waals surface area contributed by atoms with Crippen molar-refractivity contribution in [3.05, 3.63) is 54.0 Å². The summed E-state index contributed by atoms with van der Waals surface area (Å²) in [5.41, 5.74) is 0.442. The average Bonchev–Trinajstić information content (AvgIpc) is 3.38. The molecule has 1 amide bonds. The number of ketones is 1. The molecule has 1 N–H and O–H groups in total. The minimum Gasteiger partial charge on any atom is -0.486 e. The first-order valence-corrected chi connectivity index (χ1v) is 10.2. The van der Waals surface area contributed by atoms with Crippen molar-refractivity contribution in [2.24, 2.45) is 23.2 Å². The van der Waals surface area contributed by atoms with Crippen LogP contribution in [0.2, 0.25) is 0 Å². The molecule has 2 unspecified atom stereocenters. The minimum atomic E-state index is -0.170. The van der Waals surface area contributed by atoms with E-state index in [1.54, 1.807) is 36.6 Å². The maximum absolute atomic E-state index is 12.9. The summed E-state index contributed by atoms with van der Waals surface area (Å²) in [5.74, 6) is 3.76. The number of hydrogen-bond donors (Lipinski definition) is 1. The van der Waals surface area contributed by atoms with Crippen molar-refractivity contribution in [3.8, 4) is 5.75 Å². The lowest BCUT2D eigenvalue weighted by atomic mass is 9.67. The summed E-state index contributed by atoms with van der Waals surface area (Å²) in [7, 11) is 0. The second-order valence-electron chi connectivity index (χ2n) is 8.75.